The molecule has 1 nitrogen and oxygen atoms in total. The van der Waals surface area contributed by atoms with Gasteiger partial charge >= 0.3 is 0 Å². The van der Waals surface area contributed by atoms with Crippen molar-refractivity contribution in [3.8, 4) is 0 Å². The lowest BCUT2D eigenvalue weighted by Crippen LogP contribution is -2.05. The van der Waals surface area contributed by atoms with Gasteiger partial charge in [-0.25, -0.2) is 0 Å². The molecule has 1 aromatic heterocycles. The average molecular weight is 209 g/mol. The summed E-state index contributed by atoms with van der Waals surface area (Å²) in [4.78, 5) is 2.91. The molecule has 1 aliphatic carbocycles. The molecular weight excluding hydrogens is 190 g/mol. The Morgan fingerprint density at radius 1 is 1.43 bits per heavy atom. The monoisotopic (exact) mass is 209 g/mol. The summed E-state index contributed by atoms with van der Waals surface area (Å²) >= 11 is 1.91. The second-order valence-electron chi connectivity index (χ2n) is 5.01. The van der Waals surface area contributed by atoms with Gasteiger partial charge in [-0.1, -0.05) is 13.8 Å². The van der Waals surface area contributed by atoms with E-state index in [1.165, 1.54) is 9.75 Å². The van der Waals surface area contributed by atoms with E-state index in [-0.39, 0.29) is 0 Å². The number of hydrogen-bond acceptors (Lipinski definition) is 2. The molecule has 2 atom stereocenters. The van der Waals surface area contributed by atoms with E-state index < -0.39 is 0 Å². The summed E-state index contributed by atoms with van der Waals surface area (Å²) in [5, 5.41) is 0. The van der Waals surface area contributed by atoms with Crippen molar-refractivity contribution in [1.29, 1.82) is 0 Å². The average Bonchev–Trinajstić information content (AvgIpc) is 2.46. The van der Waals surface area contributed by atoms with Crippen LogP contribution >= 0.6 is 11.3 Å². The van der Waals surface area contributed by atoms with Crippen LogP contribution in [0.15, 0.2) is 6.07 Å². The highest BCUT2D eigenvalue weighted by atomic mass is 32.1. The van der Waals surface area contributed by atoms with Crippen LogP contribution in [0.1, 0.15) is 35.1 Å². The molecule has 0 radical (unpaired) electrons. The van der Waals surface area contributed by atoms with Gasteiger partial charge in [-0.3, -0.25) is 0 Å². The van der Waals surface area contributed by atoms with E-state index >= 15 is 0 Å². The Morgan fingerprint density at radius 2 is 2.07 bits per heavy atom. The molecule has 2 unspecified atom stereocenters. The first-order chi connectivity index (χ1) is 6.48. The molecule has 0 amide bonds. The van der Waals surface area contributed by atoms with E-state index in [0.717, 1.165) is 6.54 Å². The number of nitrogens with two attached hydrogens (primary N) is 1. The summed E-state index contributed by atoms with van der Waals surface area (Å²) in [6.07, 6.45) is 0. The summed E-state index contributed by atoms with van der Waals surface area (Å²) in [7, 11) is 0. The molecule has 78 valence electrons. The van der Waals surface area contributed by atoms with Gasteiger partial charge < -0.3 is 5.73 Å². The largest absolute Gasteiger partial charge is 0.330 e. The van der Waals surface area contributed by atoms with Crippen LogP contribution in [-0.2, 0) is 0 Å². The first kappa shape index (κ1) is 10.2. The minimum atomic E-state index is 0.424. The van der Waals surface area contributed by atoms with Gasteiger partial charge in [0.15, 0.2) is 0 Å². The van der Waals surface area contributed by atoms with Crippen LogP contribution in [0.25, 0.3) is 0 Å². The summed E-state index contributed by atoms with van der Waals surface area (Å²) in [6, 6.07) is 2.35. The van der Waals surface area contributed by atoms with Crippen LogP contribution in [0.2, 0.25) is 0 Å². The van der Waals surface area contributed by atoms with Crippen LogP contribution in [0.4, 0.5) is 0 Å². The minimum absolute atomic E-state index is 0.424. The third-order valence-corrected chi connectivity index (χ3v) is 4.70. The third kappa shape index (κ3) is 1.32. The second-order valence-corrected chi connectivity index (χ2v) is 6.47. The zero-order valence-corrected chi connectivity index (χ0v) is 10.2. The van der Waals surface area contributed by atoms with Crippen LogP contribution in [0.3, 0.4) is 0 Å². The zero-order valence-electron chi connectivity index (χ0n) is 9.42. The molecule has 1 aromatic rings. The van der Waals surface area contributed by atoms with Crippen LogP contribution < -0.4 is 5.73 Å². The summed E-state index contributed by atoms with van der Waals surface area (Å²) in [6.45, 7) is 9.91. The second kappa shape index (κ2) is 3.07. The van der Waals surface area contributed by atoms with E-state index in [4.69, 9.17) is 5.73 Å². The summed E-state index contributed by atoms with van der Waals surface area (Å²) in [5.74, 6) is 1.40. The van der Waals surface area contributed by atoms with Crippen molar-refractivity contribution in [3.05, 3.63) is 21.4 Å². The lowest BCUT2D eigenvalue weighted by Gasteiger charge is -2.01. The fourth-order valence-corrected chi connectivity index (χ4v) is 3.73. The highest BCUT2D eigenvalue weighted by Crippen LogP contribution is 2.64. The van der Waals surface area contributed by atoms with Crippen molar-refractivity contribution in [1.82, 2.24) is 0 Å². The Hall–Kier alpha value is -0.340. The molecule has 1 saturated carbocycles. The number of hydrogen-bond donors (Lipinski definition) is 1. The van der Waals surface area contributed by atoms with E-state index in [1.807, 2.05) is 11.3 Å². The first-order valence-corrected chi connectivity index (χ1v) is 6.07. The van der Waals surface area contributed by atoms with Crippen LogP contribution in [0.5, 0.6) is 0 Å². The molecule has 0 aromatic carbocycles. The SMILES string of the molecule is Cc1cc(C2C(CN)C2(C)C)c(C)s1. The van der Waals surface area contributed by atoms with Crippen molar-refractivity contribution in [2.24, 2.45) is 17.1 Å². The molecule has 2 heteroatoms. The topological polar surface area (TPSA) is 26.0 Å². The molecule has 1 aliphatic rings. The van der Waals surface area contributed by atoms with Gasteiger partial charge in [0.05, 0.1) is 0 Å². The fourth-order valence-electron chi connectivity index (χ4n) is 2.76. The van der Waals surface area contributed by atoms with E-state index in [9.17, 15) is 0 Å². The van der Waals surface area contributed by atoms with Crippen molar-refractivity contribution in [2.75, 3.05) is 6.54 Å². The highest BCUT2D eigenvalue weighted by Gasteiger charge is 2.57. The summed E-state index contributed by atoms with van der Waals surface area (Å²) < 4.78 is 0. The van der Waals surface area contributed by atoms with Gasteiger partial charge in [-0.05, 0) is 49.3 Å². The van der Waals surface area contributed by atoms with Gasteiger partial charge in [0, 0.05) is 9.75 Å². The Balaban J connectivity index is 2.30. The van der Waals surface area contributed by atoms with Gasteiger partial charge in [0.1, 0.15) is 0 Å². The molecule has 1 fully saturated rings. The van der Waals surface area contributed by atoms with Crippen molar-refractivity contribution < 1.29 is 0 Å². The Kier molecular flexibility index (Phi) is 2.24. The standard InChI is InChI=1S/C12H19NS/c1-7-5-9(8(2)14-7)11-10(6-13)12(11,3)4/h5,10-11H,6,13H2,1-4H3. The minimum Gasteiger partial charge on any atom is -0.330 e. The Morgan fingerprint density at radius 3 is 2.43 bits per heavy atom. The van der Waals surface area contributed by atoms with E-state index in [1.54, 1.807) is 5.56 Å². The molecule has 0 bridgehead atoms. The lowest BCUT2D eigenvalue weighted by atomic mass is 10.0. The van der Waals surface area contributed by atoms with Crippen LogP contribution in [0, 0.1) is 25.2 Å². The van der Waals surface area contributed by atoms with Crippen LogP contribution in [-0.4, -0.2) is 6.54 Å². The van der Waals surface area contributed by atoms with Gasteiger partial charge in [0.2, 0.25) is 0 Å². The van der Waals surface area contributed by atoms with E-state index in [0.29, 0.717) is 17.3 Å². The van der Waals surface area contributed by atoms with Gasteiger partial charge in [-0.15, -0.1) is 11.3 Å². The van der Waals surface area contributed by atoms with E-state index in [2.05, 4.69) is 33.8 Å². The molecule has 0 aliphatic heterocycles. The molecule has 0 spiro atoms. The van der Waals surface area contributed by atoms with Gasteiger partial charge in [0.25, 0.3) is 0 Å². The Bertz CT molecular complexity index is 351. The summed E-state index contributed by atoms with van der Waals surface area (Å²) in [5.41, 5.74) is 7.77. The number of rotatable bonds is 2. The molecular formula is C12H19NS. The zero-order chi connectivity index (χ0) is 10.5. The molecule has 14 heavy (non-hydrogen) atoms. The number of aryl methyl sites for hydroxylation is 2. The molecule has 0 saturated heterocycles. The van der Waals surface area contributed by atoms with Crippen molar-refractivity contribution in [2.45, 2.75) is 33.6 Å². The fraction of sp³-hybridized carbons (Fsp3) is 0.667. The molecule has 2 N–H and O–H groups in total. The molecule has 1 heterocycles. The predicted octanol–water partition coefficient (Wildman–Crippen LogP) is 3.06. The lowest BCUT2D eigenvalue weighted by molar-refractivity contribution is 0.558. The maximum absolute atomic E-state index is 5.80. The maximum atomic E-state index is 5.80. The Labute approximate surface area is 90.3 Å². The third-order valence-electron chi connectivity index (χ3n) is 3.72. The first-order valence-electron chi connectivity index (χ1n) is 5.25. The number of thiophene rings is 1. The van der Waals surface area contributed by atoms with Gasteiger partial charge in [-0.2, -0.15) is 0 Å². The predicted molar refractivity (Wildman–Crippen MR) is 62.9 cm³/mol. The molecule has 2 rings (SSSR count). The quantitative estimate of drug-likeness (QED) is 0.796. The highest BCUT2D eigenvalue weighted by molar-refractivity contribution is 7.12. The van der Waals surface area contributed by atoms with Crippen molar-refractivity contribution >= 4 is 11.3 Å². The normalized spacial score (nSPS) is 29.2. The van der Waals surface area contributed by atoms with Crippen molar-refractivity contribution in [3.63, 3.8) is 0 Å². The smallest absolute Gasteiger partial charge is 0.00521 e. The maximum Gasteiger partial charge on any atom is 0.00521 e.